The van der Waals surface area contributed by atoms with Crippen molar-refractivity contribution in [1.82, 2.24) is 4.98 Å². The van der Waals surface area contributed by atoms with Crippen LogP contribution in [0.4, 0.5) is 0 Å². The Kier molecular flexibility index (Phi) is 2.51. The SMILES string of the molecule is COc1nc(C)cc(C)c1C(=N)N. The highest BCUT2D eigenvalue weighted by atomic mass is 16.5. The molecule has 0 saturated heterocycles. The number of hydrogen-bond acceptors (Lipinski definition) is 3. The largest absolute Gasteiger partial charge is 0.480 e. The number of pyridine rings is 1. The molecule has 13 heavy (non-hydrogen) atoms. The van der Waals surface area contributed by atoms with Gasteiger partial charge in [0.1, 0.15) is 5.84 Å². The van der Waals surface area contributed by atoms with Crippen LogP contribution >= 0.6 is 0 Å². The van der Waals surface area contributed by atoms with Gasteiger partial charge in [0, 0.05) is 5.69 Å². The lowest BCUT2D eigenvalue weighted by atomic mass is 10.1. The molecule has 3 N–H and O–H groups in total. The summed E-state index contributed by atoms with van der Waals surface area (Å²) in [7, 11) is 1.52. The Morgan fingerprint density at radius 1 is 1.54 bits per heavy atom. The maximum atomic E-state index is 7.35. The first kappa shape index (κ1) is 9.51. The summed E-state index contributed by atoms with van der Waals surface area (Å²) in [4.78, 5) is 4.13. The molecule has 0 unspecified atom stereocenters. The second kappa shape index (κ2) is 3.43. The molecular formula is C9H13N3O. The molecular weight excluding hydrogens is 166 g/mol. The Bertz CT molecular complexity index is 347. The summed E-state index contributed by atoms with van der Waals surface area (Å²) >= 11 is 0. The summed E-state index contributed by atoms with van der Waals surface area (Å²) in [6.45, 7) is 3.76. The van der Waals surface area contributed by atoms with Crippen molar-refractivity contribution in [2.75, 3.05) is 7.11 Å². The molecule has 1 heterocycles. The fraction of sp³-hybridized carbons (Fsp3) is 0.333. The highest BCUT2D eigenvalue weighted by Gasteiger charge is 2.11. The molecule has 0 atom stereocenters. The summed E-state index contributed by atoms with van der Waals surface area (Å²) in [5.74, 6) is 0.409. The van der Waals surface area contributed by atoms with Gasteiger partial charge in [0.2, 0.25) is 5.88 Å². The predicted molar refractivity (Wildman–Crippen MR) is 51.3 cm³/mol. The third kappa shape index (κ3) is 1.77. The molecule has 0 aliphatic rings. The number of aromatic nitrogens is 1. The van der Waals surface area contributed by atoms with E-state index in [1.54, 1.807) is 0 Å². The van der Waals surface area contributed by atoms with Gasteiger partial charge in [-0.3, -0.25) is 5.41 Å². The summed E-state index contributed by atoms with van der Waals surface area (Å²) < 4.78 is 5.04. The molecule has 1 aromatic heterocycles. The minimum atomic E-state index is -0.0122. The summed E-state index contributed by atoms with van der Waals surface area (Å²) in [5.41, 5.74) is 7.76. The zero-order valence-electron chi connectivity index (χ0n) is 8.01. The molecule has 0 fully saturated rings. The molecule has 0 amide bonds. The summed E-state index contributed by atoms with van der Waals surface area (Å²) in [5, 5.41) is 7.35. The van der Waals surface area contributed by atoms with E-state index in [1.165, 1.54) is 7.11 Å². The Balaban J connectivity index is 3.38. The first-order valence-corrected chi connectivity index (χ1v) is 3.93. The molecule has 0 radical (unpaired) electrons. The lowest BCUT2D eigenvalue weighted by Gasteiger charge is -2.09. The van der Waals surface area contributed by atoms with E-state index in [0.29, 0.717) is 11.4 Å². The van der Waals surface area contributed by atoms with Gasteiger partial charge in [0.05, 0.1) is 12.7 Å². The molecule has 4 heteroatoms. The normalized spacial score (nSPS) is 9.77. The van der Waals surface area contributed by atoms with Crippen molar-refractivity contribution in [3.63, 3.8) is 0 Å². The second-order valence-corrected chi connectivity index (χ2v) is 2.88. The zero-order chi connectivity index (χ0) is 10.0. The zero-order valence-corrected chi connectivity index (χ0v) is 8.01. The third-order valence-electron chi connectivity index (χ3n) is 1.77. The maximum Gasteiger partial charge on any atom is 0.224 e. The lowest BCUT2D eigenvalue weighted by molar-refractivity contribution is 0.395. The molecule has 0 bridgehead atoms. The number of nitrogens with two attached hydrogens (primary N) is 1. The number of rotatable bonds is 2. The molecule has 1 rings (SSSR count). The van der Waals surface area contributed by atoms with E-state index in [0.717, 1.165) is 11.3 Å². The molecule has 0 spiro atoms. The van der Waals surface area contributed by atoms with Gasteiger partial charge in [-0.15, -0.1) is 0 Å². The van der Waals surface area contributed by atoms with Crippen LogP contribution in [-0.4, -0.2) is 17.9 Å². The molecule has 0 saturated carbocycles. The average Bonchev–Trinajstić information content (AvgIpc) is 2.01. The summed E-state index contributed by atoms with van der Waals surface area (Å²) in [6.07, 6.45) is 0. The second-order valence-electron chi connectivity index (χ2n) is 2.88. The third-order valence-corrected chi connectivity index (χ3v) is 1.77. The van der Waals surface area contributed by atoms with Crippen molar-refractivity contribution in [2.45, 2.75) is 13.8 Å². The maximum absolute atomic E-state index is 7.35. The average molecular weight is 179 g/mol. The van der Waals surface area contributed by atoms with Gasteiger partial charge in [-0.25, -0.2) is 4.98 Å². The van der Waals surface area contributed by atoms with Gasteiger partial charge >= 0.3 is 0 Å². The molecule has 70 valence electrons. The van der Waals surface area contributed by atoms with Crippen LogP contribution in [0, 0.1) is 19.3 Å². The fourth-order valence-electron chi connectivity index (χ4n) is 1.28. The summed E-state index contributed by atoms with van der Waals surface area (Å²) in [6, 6.07) is 1.87. The number of methoxy groups -OCH3 is 1. The number of nitrogens with one attached hydrogen (secondary N) is 1. The Labute approximate surface area is 77.2 Å². The quantitative estimate of drug-likeness (QED) is 0.525. The van der Waals surface area contributed by atoms with Gasteiger partial charge in [-0.05, 0) is 25.5 Å². The molecule has 0 aliphatic heterocycles. The number of nitrogens with zero attached hydrogens (tertiary/aromatic N) is 1. The van der Waals surface area contributed by atoms with Gasteiger partial charge < -0.3 is 10.5 Å². The highest BCUT2D eigenvalue weighted by molar-refractivity contribution is 5.98. The fourth-order valence-corrected chi connectivity index (χ4v) is 1.28. The van der Waals surface area contributed by atoms with Crippen molar-refractivity contribution >= 4 is 5.84 Å². The van der Waals surface area contributed by atoms with E-state index in [-0.39, 0.29) is 5.84 Å². The van der Waals surface area contributed by atoms with Gasteiger partial charge in [0.25, 0.3) is 0 Å². The van der Waals surface area contributed by atoms with Crippen LogP contribution in [0.3, 0.4) is 0 Å². The van der Waals surface area contributed by atoms with Crippen LogP contribution in [0.5, 0.6) is 5.88 Å². The van der Waals surface area contributed by atoms with Crippen LogP contribution < -0.4 is 10.5 Å². The van der Waals surface area contributed by atoms with Crippen molar-refractivity contribution in [1.29, 1.82) is 5.41 Å². The topological polar surface area (TPSA) is 72.0 Å². The van der Waals surface area contributed by atoms with Gasteiger partial charge in [-0.2, -0.15) is 0 Å². The first-order valence-electron chi connectivity index (χ1n) is 3.93. The Hall–Kier alpha value is -1.58. The smallest absolute Gasteiger partial charge is 0.224 e. The van der Waals surface area contributed by atoms with Gasteiger partial charge in [-0.1, -0.05) is 0 Å². The molecule has 1 aromatic rings. The number of hydrogen-bond donors (Lipinski definition) is 2. The van der Waals surface area contributed by atoms with Crippen molar-refractivity contribution in [3.05, 3.63) is 22.9 Å². The number of amidine groups is 1. The van der Waals surface area contributed by atoms with E-state index >= 15 is 0 Å². The standard InChI is InChI=1S/C9H13N3O/c1-5-4-6(2)12-9(13-3)7(5)8(10)11/h4H,1-3H3,(H3,10,11). The number of nitrogen functional groups attached to an aromatic ring is 1. The van der Waals surface area contributed by atoms with Crippen LogP contribution in [0.2, 0.25) is 0 Å². The van der Waals surface area contributed by atoms with E-state index in [4.69, 9.17) is 15.9 Å². The minimum Gasteiger partial charge on any atom is -0.480 e. The number of ether oxygens (including phenoxy) is 1. The Morgan fingerprint density at radius 2 is 2.15 bits per heavy atom. The number of aryl methyl sites for hydroxylation is 2. The Morgan fingerprint density at radius 3 is 2.62 bits per heavy atom. The van der Waals surface area contributed by atoms with E-state index in [1.807, 2.05) is 19.9 Å². The monoisotopic (exact) mass is 179 g/mol. The van der Waals surface area contributed by atoms with Crippen molar-refractivity contribution in [2.24, 2.45) is 5.73 Å². The van der Waals surface area contributed by atoms with Crippen molar-refractivity contribution in [3.8, 4) is 5.88 Å². The molecule has 0 aliphatic carbocycles. The highest BCUT2D eigenvalue weighted by Crippen LogP contribution is 2.19. The van der Waals surface area contributed by atoms with E-state index in [9.17, 15) is 0 Å². The van der Waals surface area contributed by atoms with Crippen LogP contribution in [0.25, 0.3) is 0 Å². The molecule has 0 aromatic carbocycles. The van der Waals surface area contributed by atoms with E-state index in [2.05, 4.69) is 4.98 Å². The predicted octanol–water partition coefficient (Wildman–Crippen LogP) is 0.991. The van der Waals surface area contributed by atoms with E-state index < -0.39 is 0 Å². The minimum absolute atomic E-state index is 0.0122. The van der Waals surface area contributed by atoms with Crippen LogP contribution in [-0.2, 0) is 0 Å². The van der Waals surface area contributed by atoms with Crippen LogP contribution in [0.15, 0.2) is 6.07 Å². The molecule has 4 nitrogen and oxygen atoms in total. The van der Waals surface area contributed by atoms with Gasteiger partial charge in [0.15, 0.2) is 0 Å². The first-order chi connectivity index (χ1) is 6.06. The van der Waals surface area contributed by atoms with Crippen molar-refractivity contribution < 1.29 is 4.74 Å². The van der Waals surface area contributed by atoms with Crippen LogP contribution in [0.1, 0.15) is 16.8 Å². The lowest BCUT2D eigenvalue weighted by Crippen LogP contribution is -2.15.